The number of carbonyl (C=O) groups is 3. The minimum absolute atomic E-state index is 0. The molecule has 1 aromatic heterocycles. The maximum absolute atomic E-state index is 15.2. The number of fused-ring (bicyclic) bond motifs is 1. The molecule has 0 saturated heterocycles. The average Bonchev–Trinajstić information content (AvgIpc) is 3.84. The van der Waals surface area contributed by atoms with Crippen LogP contribution in [0, 0.1) is 17.0 Å². The van der Waals surface area contributed by atoms with Crippen LogP contribution in [0.25, 0.3) is 10.9 Å². The van der Waals surface area contributed by atoms with Crippen molar-refractivity contribution in [2.45, 2.75) is 45.4 Å². The van der Waals surface area contributed by atoms with E-state index >= 15 is 4.39 Å². The molecule has 0 unspecified atom stereocenters. The summed E-state index contributed by atoms with van der Waals surface area (Å²) in [4.78, 5) is 40.8. The fraction of sp³-hybridized carbons (Fsp3) is 0.294. The number of aliphatic carboxylic acids is 1. The van der Waals surface area contributed by atoms with Gasteiger partial charge in [0.15, 0.2) is 23.1 Å². The first-order valence-electron chi connectivity index (χ1n) is 14.9. The largest absolute Gasteiger partial charge is 1.00 e. The molecule has 2 N–H and O–H groups in total. The molecule has 13 heteroatoms. The molecule has 0 bridgehead atoms. The number of amides is 2. The number of carboxylic acids is 1. The summed E-state index contributed by atoms with van der Waals surface area (Å²) in [5.74, 6) is -2.24. The van der Waals surface area contributed by atoms with Crippen LogP contribution in [-0.4, -0.2) is 36.0 Å². The van der Waals surface area contributed by atoms with Crippen molar-refractivity contribution in [1.29, 1.82) is 0 Å². The summed E-state index contributed by atoms with van der Waals surface area (Å²) in [7, 11) is 0. The van der Waals surface area contributed by atoms with Gasteiger partial charge in [-0.25, -0.2) is 8.78 Å². The number of nitrogens with one attached hydrogen (secondary N) is 2. The van der Waals surface area contributed by atoms with Crippen molar-refractivity contribution in [1.82, 2.24) is 4.98 Å². The van der Waals surface area contributed by atoms with E-state index in [0.717, 1.165) is 6.07 Å². The van der Waals surface area contributed by atoms with Crippen molar-refractivity contribution in [2.75, 3.05) is 23.8 Å². The Morgan fingerprint density at radius 2 is 1.51 bits per heavy atom. The van der Waals surface area contributed by atoms with Crippen molar-refractivity contribution in [2.24, 2.45) is 5.41 Å². The van der Waals surface area contributed by atoms with E-state index in [9.17, 15) is 23.9 Å². The van der Waals surface area contributed by atoms with E-state index in [1.54, 1.807) is 18.2 Å². The Hall–Kier alpha value is -4.66. The van der Waals surface area contributed by atoms with Gasteiger partial charge >= 0.3 is 18.9 Å². The SMILES string of the molecule is CCOc1cc2c(Oc3ccc(NC(=O)C4(C(=O)Nc5ccc(F)cc5)CC4)cc3F)ccnc2cc1OCCCCCC(=O)[O-].[Li+]. The summed E-state index contributed by atoms with van der Waals surface area (Å²) in [5, 5.41) is 16.4. The molecule has 3 aromatic carbocycles. The van der Waals surface area contributed by atoms with Crippen LogP contribution in [0.15, 0.2) is 66.9 Å². The third kappa shape index (κ3) is 8.78. The minimum atomic E-state index is -1.30. The van der Waals surface area contributed by atoms with E-state index in [2.05, 4.69) is 15.6 Å². The van der Waals surface area contributed by atoms with Crippen LogP contribution in [-0.2, 0) is 14.4 Å². The fourth-order valence-corrected chi connectivity index (χ4v) is 4.83. The second-order valence-corrected chi connectivity index (χ2v) is 10.8. The molecule has 0 atom stereocenters. The van der Waals surface area contributed by atoms with Gasteiger partial charge in [-0.05, 0) is 94.0 Å². The van der Waals surface area contributed by atoms with Gasteiger partial charge in [-0.15, -0.1) is 0 Å². The molecule has 1 saturated carbocycles. The predicted octanol–water partition coefficient (Wildman–Crippen LogP) is 2.75. The number of aromatic nitrogens is 1. The topological polar surface area (TPSA) is 139 Å². The Kier molecular flexibility index (Phi) is 11.8. The number of anilines is 2. The molecular formula is C34H32F2LiN3O7. The van der Waals surface area contributed by atoms with Crippen molar-refractivity contribution >= 4 is 40.1 Å². The Labute approximate surface area is 282 Å². The zero-order valence-electron chi connectivity index (χ0n) is 26.1. The van der Waals surface area contributed by atoms with Crippen molar-refractivity contribution in [3.63, 3.8) is 0 Å². The monoisotopic (exact) mass is 639 g/mol. The van der Waals surface area contributed by atoms with Gasteiger partial charge < -0.3 is 34.7 Å². The van der Waals surface area contributed by atoms with Crippen molar-refractivity contribution in [3.8, 4) is 23.0 Å². The smallest absolute Gasteiger partial charge is 0.550 e. The van der Waals surface area contributed by atoms with Gasteiger partial charge in [-0.1, -0.05) is 0 Å². The quantitative estimate of drug-likeness (QED) is 0.115. The number of carboxylic acid groups (broad SMARTS) is 1. The van der Waals surface area contributed by atoms with Crippen LogP contribution in [0.4, 0.5) is 20.2 Å². The Morgan fingerprint density at radius 3 is 2.17 bits per heavy atom. The van der Waals surface area contributed by atoms with Gasteiger partial charge in [0, 0.05) is 41.1 Å². The molecule has 0 radical (unpaired) electrons. The summed E-state index contributed by atoms with van der Waals surface area (Å²) in [6.45, 7) is 2.54. The van der Waals surface area contributed by atoms with Crippen LogP contribution in [0.3, 0.4) is 0 Å². The first-order valence-corrected chi connectivity index (χ1v) is 14.9. The summed E-state index contributed by atoms with van der Waals surface area (Å²) >= 11 is 0. The number of nitrogens with zero attached hydrogens (tertiary/aromatic N) is 1. The number of carbonyl (C=O) groups excluding carboxylic acids is 3. The number of hydrogen-bond acceptors (Lipinski definition) is 8. The average molecular weight is 640 g/mol. The molecule has 0 aliphatic heterocycles. The first-order chi connectivity index (χ1) is 22.2. The molecule has 1 heterocycles. The molecule has 47 heavy (non-hydrogen) atoms. The standard InChI is InChI=1S/C34H33F2N3O7.Li/c1-2-44-29-19-24-26(20-30(29)45-17-5-3-4-6-31(40)41)37-16-13-27(24)46-28-12-11-23(18-25(28)36)39-33(43)34(14-15-34)32(42)38-22-9-7-21(35)8-10-22;/h7-13,16,18-20H,2-6,14-15,17H2,1H3,(H,38,42)(H,39,43)(H,40,41);/q;+1/p-1. The van der Waals surface area contributed by atoms with E-state index in [-0.39, 0.29) is 36.7 Å². The van der Waals surface area contributed by atoms with Crippen LogP contribution in [0.5, 0.6) is 23.0 Å². The number of rotatable bonds is 15. The molecule has 5 rings (SSSR count). The molecule has 1 aliphatic carbocycles. The second kappa shape index (κ2) is 15.8. The Morgan fingerprint density at radius 1 is 0.830 bits per heavy atom. The van der Waals surface area contributed by atoms with E-state index in [1.165, 1.54) is 42.6 Å². The van der Waals surface area contributed by atoms with E-state index < -0.39 is 34.8 Å². The van der Waals surface area contributed by atoms with Crippen LogP contribution in [0.2, 0.25) is 0 Å². The van der Waals surface area contributed by atoms with Gasteiger partial charge in [-0.3, -0.25) is 14.6 Å². The zero-order valence-corrected chi connectivity index (χ0v) is 26.1. The molecule has 0 spiro atoms. The molecular weight excluding hydrogens is 607 g/mol. The zero-order chi connectivity index (χ0) is 32.7. The normalized spacial score (nSPS) is 12.8. The van der Waals surface area contributed by atoms with Gasteiger partial charge in [0.25, 0.3) is 0 Å². The van der Waals surface area contributed by atoms with Crippen molar-refractivity contribution in [3.05, 3.63) is 78.5 Å². The van der Waals surface area contributed by atoms with Crippen LogP contribution in [0.1, 0.15) is 45.4 Å². The molecule has 2 amide bonds. The van der Waals surface area contributed by atoms with E-state index in [1.807, 2.05) is 6.92 Å². The summed E-state index contributed by atoms with van der Waals surface area (Å²) in [6, 6.07) is 14.1. The molecule has 10 nitrogen and oxygen atoms in total. The molecule has 4 aromatic rings. The number of hydrogen-bond donors (Lipinski definition) is 2. The van der Waals surface area contributed by atoms with Crippen molar-refractivity contribution < 1.29 is 61.3 Å². The van der Waals surface area contributed by atoms with Gasteiger partial charge in [-0.2, -0.15) is 0 Å². The number of unbranched alkanes of at least 4 members (excludes halogenated alkanes) is 2. The maximum atomic E-state index is 15.2. The molecule has 240 valence electrons. The number of pyridine rings is 1. The third-order valence-corrected chi connectivity index (χ3v) is 7.48. The van der Waals surface area contributed by atoms with Crippen LogP contribution < -0.4 is 48.8 Å². The third-order valence-electron chi connectivity index (χ3n) is 7.48. The summed E-state index contributed by atoms with van der Waals surface area (Å²) in [6.07, 6.45) is 3.99. The van der Waals surface area contributed by atoms with E-state index in [4.69, 9.17) is 14.2 Å². The number of halogens is 2. The van der Waals surface area contributed by atoms with Gasteiger partial charge in [0.05, 0.1) is 18.7 Å². The fourth-order valence-electron chi connectivity index (χ4n) is 4.83. The summed E-state index contributed by atoms with van der Waals surface area (Å²) < 4.78 is 46.0. The second-order valence-electron chi connectivity index (χ2n) is 10.8. The predicted molar refractivity (Wildman–Crippen MR) is 164 cm³/mol. The molecule has 1 fully saturated rings. The van der Waals surface area contributed by atoms with Crippen LogP contribution >= 0.6 is 0 Å². The number of ether oxygens (including phenoxy) is 3. The number of benzene rings is 3. The molecule has 1 aliphatic rings. The minimum Gasteiger partial charge on any atom is -0.550 e. The Bertz CT molecular complexity index is 1750. The van der Waals surface area contributed by atoms with E-state index in [0.29, 0.717) is 79.2 Å². The first kappa shape index (κ1) is 35.2. The van der Waals surface area contributed by atoms with Gasteiger partial charge in [0.1, 0.15) is 17.0 Å². The Balaban J connectivity index is 0.00000500. The summed E-state index contributed by atoms with van der Waals surface area (Å²) in [5.41, 5.74) is -0.266. The maximum Gasteiger partial charge on any atom is 1.00 e. The van der Waals surface area contributed by atoms with Gasteiger partial charge in [0.2, 0.25) is 11.8 Å².